The maximum absolute atomic E-state index is 12.3. The van der Waals surface area contributed by atoms with Gasteiger partial charge in [0.05, 0.1) is 13.2 Å². The van der Waals surface area contributed by atoms with Crippen molar-refractivity contribution in [3.05, 3.63) is 0 Å². The maximum Gasteiger partial charge on any atom is 0.340 e. The first kappa shape index (κ1) is 18.6. The lowest BCUT2D eigenvalue weighted by atomic mass is 10.2. The van der Waals surface area contributed by atoms with Crippen molar-refractivity contribution in [2.24, 2.45) is 11.8 Å². The fourth-order valence-corrected chi connectivity index (χ4v) is 2.64. The molecular formula is C12H26NO5P. The fraction of sp³-hybridized carbons (Fsp3) is 0.917. The SMILES string of the molecule is CC(C)CCOP(=O)(CC(=O)NO)OCCC(C)C. The van der Waals surface area contributed by atoms with Gasteiger partial charge in [-0.05, 0) is 24.7 Å². The third kappa shape index (κ3) is 10.1. The minimum Gasteiger partial charge on any atom is -0.308 e. The normalized spacial score (nSPS) is 12.2. The van der Waals surface area contributed by atoms with Crippen LogP contribution in [-0.4, -0.2) is 30.5 Å². The Balaban J connectivity index is 4.35. The summed E-state index contributed by atoms with van der Waals surface area (Å²) in [5, 5.41) is 8.49. The topological polar surface area (TPSA) is 84.9 Å². The van der Waals surface area contributed by atoms with Crippen molar-refractivity contribution >= 4 is 13.5 Å². The van der Waals surface area contributed by atoms with E-state index in [2.05, 4.69) is 0 Å². The first-order chi connectivity index (χ1) is 8.79. The van der Waals surface area contributed by atoms with Crippen LogP contribution in [0.5, 0.6) is 0 Å². The van der Waals surface area contributed by atoms with Gasteiger partial charge in [0, 0.05) is 0 Å². The Bertz CT molecular complexity index is 288. The Kier molecular flexibility index (Phi) is 9.27. The van der Waals surface area contributed by atoms with Crippen molar-refractivity contribution in [2.75, 3.05) is 19.4 Å². The van der Waals surface area contributed by atoms with E-state index in [0.29, 0.717) is 11.8 Å². The molecule has 0 rings (SSSR count). The molecule has 19 heavy (non-hydrogen) atoms. The van der Waals surface area contributed by atoms with E-state index < -0.39 is 19.7 Å². The van der Waals surface area contributed by atoms with Crippen LogP contribution in [0.15, 0.2) is 0 Å². The molecule has 0 bridgehead atoms. The van der Waals surface area contributed by atoms with E-state index in [4.69, 9.17) is 14.3 Å². The number of nitrogens with one attached hydrogen (secondary N) is 1. The molecule has 0 saturated carbocycles. The summed E-state index contributed by atoms with van der Waals surface area (Å²) in [6, 6.07) is 0. The molecular weight excluding hydrogens is 269 g/mol. The van der Waals surface area contributed by atoms with Gasteiger partial charge in [-0.3, -0.25) is 14.6 Å². The molecule has 6 nitrogen and oxygen atoms in total. The van der Waals surface area contributed by atoms with Crippen molar-refractivity contribution in [1.29, 1.82) is 0 Å². The minimum absolute atomic E-state index is 0.273. The Labute approximate surface area is 115 Å². The fourth-order valence-electron chi connectivity index (χ4n) is 1.19. The number of amides is 1. The van der Waals surface area contributed by atoms with Gasteiger partial charge in [0.2, 0.25) is 0 Å². The maximum atomic E-state index is 12.3. The van der Waals surface area contributed by atoms with E-state index >= 15 is 0 Å². The lowest BCUT2D eigenvalue weighted by Crippen LogP contribution is -2.24. The van der Waals surface area contributed by atoms with Crippen LogP contribution < -0.4 is 5.48 Å². The lowest BCUT2D eigenvalue weighted by molar-refractivity contribution is -0.126. The van der Waals surface area contributed by atoms with E-state index in [1.165, 1.54) is 5.48 Å². The summed E-state index contributed by atoms with van der Waals surface area (Å²) < 4.78 is 22.8. The molecule has 0 unspecified atom stereocenters. The zero-order valence-electron chi connectivity index (χ0n) is 12.2. The Hall–Kier alpha value is -0.420. The molecule has 0 aromatic heterocycles. The highest BCUT2D eigenvalue weighted by Gasteiger charge is 2.28. The van der Waals surface area contributed by atoms with Crippen LogP contribution >= 0.6 is 7.60 Å². The number of carbonyl (C=O) groups excluding carboxylic acids is 1. The molecule has 2 N–H and O–H groups in total. The van der Waals surface area contributed by atoms with Crippen molar-refractivity contribution in [2.45, 2.75) is 40.5 Å². The van der Waals surface area contributed by atoms with E-state index in [-0.39, 0.29) is 13.2 Å². The second kappa shape index (κ2) is 9.48. The van der Waals surface area contributed by atoms with Gasteiger partial charge in [-0.2, -0.15) is 0 Å². The van der Waals surface area contributed by atoms with Crippen molar-refractivity contribution in [3.8, 4) is 0 Å². The molecule has 0 heterocycles. The molecule has 0 radical (unpaired) electrons. The molecule has 0 atom stereocenters. The van der Waals surface area contributed by atoms with E-state index in [9.17, 15) is 9.36 Å². The third-order valence-electron chi connectivity index (χ3n) is 2.43. The highest BCUT2D eigenvalue weighted by Crippen LogP contribution is 2.48. The summed E-state index contributed by atoms with van der Waals surface area (Å²) in [6.07, 6.45) is 1.01. The van der Waals surface area contributed by atoms with Crippen molar-refractivity contribution in [1.82, 2.24) is 5.48 Å². The molecule has 0 spiro atoms. The van der Waals surface area contributed by atoms with E-state index in [1.54, 1.807) is 0 Å². The summed E-state index contributed by atoms with van der Waals surface area (Å²) in [7, 11) is -3.48. The summed E-state index contributed by atoms with van der Waals surface area (Å²) in [5.41, 5.74) is 1.45. The Morgan fingerprint density at radius 2 is 1.53 bits per heavy atom. The van der Waals surface area contributed by atoms with Gasteiger partial charge in [-0.15, -0.1) is 0 Å². The van der Waals surface area contributed by atoms with Gasteiger partial charge >= 0.3 is 7.60 Å². The summed E-state index contributed by atoms with van der Waals surface area (Å²) >= 11 is 0. The predicted molar refractivity (Wildman–Crippen MR) is 73.2 cm³/mol. The monoisotopic (exact) mass is 295 g/mol. The smallest absolute Gasteiger partial charge is 0.308 e. The number of hydrogen-bond donors (Lipinski definition) is 2. The molecule has 0 aliphatic heterocycles. The average Bonchev–Trinajstić information content (AvgIpc) is 2.27. The van der Waals surface area contributed by atoms with Gasteiger partial charge in [0.25, 0.3) is 5.91 Å². The van der Waals surface area contributed by atoms with Gasteiger partial charge in [0.1, 0.15) is 6.16 Å². The van der Waals surface area contributed by atoms with Crippen LogP contribution in [0.25, 0.3) is 0 Å². The Morgan fingerprint density at radius 1 is 1.11 bits per heavy atom. The summed E-state index contributed by atoms with van der Waals surface area (Å²) in [5.74, 6) is 0.0593. The zero-order chi connectivity index (χ0) is 14.9. The minimum atomic E-state index is -3.48. The number of hydroxylamine groups is 1. The van der Waals surface area contributed by atoms with Gasteiger partial charge < -0.3 is 9.05 Å². The third-order valence-corrected chi connectivity index (χ3v) is 4.25. The molecule has 0 aliphatic carbocycles. The quantitative estimate of drug-likeness (QED) is 0.368. The highest BCUT2D eigenvalue weighted by atomic mass is 31.2. The van der Waals surface area contributed by atoms with Crippen LogP contribution in [-0.2, 0) is 18.4 Å². The van der Waals surface area contributed by atoms with Crippen LogP contribution in [0, 0.1) is 11.8 Å². The first-order valence-electron chi connectivity index (χ1n) is 6.60. The molecule has 7 heteroatoms. The number of hydrogen-bond acceptors (Lipinski definition) is 5. The van der Waals surface area contributed by atoms with Gasteiger partial charge in [0.15, 0.2) is 0 Å². The molecule has 0 aromatic rings. The largest absolute Gasteiger partial charge is 0.340 e. The molecule has 0 saturated heterocycles. The van der Waals surface area contributed by atoms with Gasteiger partial charge in [-0.25, -0.2) is 5.48 Å². The van der Waals surface area contributed by atoms with Crippen molar-refractivity contribution in [3.63, 3.8) is 0 Å². The molecule has 1 amide bonds. The van der Waals surface area contributed by atoms with Gasteiger partial charge in [-0.1, -0.05) is 27.7 Å². The van der Waals surface area contributed by atoms with Crippen LogP contribution in [0.3, 0.4) is 0 Å². The van der Waals surface area contributed by atoms with Crippen LogP contribution in [0.2, 0.25) is 0 Å². The van der Waals surface area contributed by atoms with E-state index in [1.807, 2.05) is 27.7 Å². The molecule has 114 valence electrons. The lowest BCUT2D eigenvalue weighted by Gasteiger charge is -2.19. The zero-order valence-corrected chi connectivity index (χ0v) is 13.1. The molecule has 0 aliphatic rings. The second-order valence-electron chi connectivity index (χ2n) is 5.34. The summed E-state index contributed by atoms with van der Waals surface area (Å²) in [6.45, 7) is 8.63. The number of rotatable bonds is 10. The number of carbonyl (C=O) groups is 1. The highest BCUT2D eigenvalue weighted by molar-refractivity contribution is 7.54. The first-order valence-corrected chi connectivity index (χ1v) is 8.33. The summed E-state index contributed by atoms with van der Waals surface area (Å²) in [4.78, 5) is 11.1. The van der Waals surface area contributed by atoms with Crippen LogP contribution in [0.4, 0.5) is 0 Å². The molecule has 0 aromatic carbocycles. The standard InChI is InChI=1S/C12H26NO5P/c1-10(2)5-7-17-19(16,9-12(14)13-15)18-8-6-11(3)4/h10-11,15H,5-9H2,1-4H3,(H,13,14). The predicted octanol–water partition coefficient (Wildman–Crippen LogP) is 2.81. The molecule has 0 fully saturated rings. The van der Waals surface area contributed by atoms with Crippen molar-refractivity contribution < 1.29 is 23.6 Å². The average molecular weight is 295 g/mol. The van der Waals surface area contributed by atoms with Crippen LogP contribution in [0.1, 0.15) is 40.5 Å². The second-order valence-corrected chi connectivity index (χ2v) is 7.39. The van der Waals surface area contributed by atoms with E-state index in [0.717, 1.165) is 12.8 Å². The Morgan fingerprint density at radius 3 is 1.84 bits per heavy atom.